The van der Waals surface area contributed by atoms with Gasteiger partial charge in [-0.25, -0.2) is 4.79 Å². The molecule has 1 saturated carbocycles. The maximum absolute atomic E-state index is 13.3. The van der Waals surface area contributed by atoms with E-state index in [1.165, 1.54) is 0 Å². The molecule has 1 fully saturated rings. The quantitative estimate of drug-likeness (QED) is 0.314. The van der Waals surface area contributed by atoms with Gasteiger partial charge in [0.25, 0.3) is 0 Å². The highest BCUT2D eigenvalue weighted by molar-refractivity contribution is 5.89. The first kappa shape index (κ1) is 32.3. The Balaban J connectivity index is 0.00000533. The summed E-state index contributed by atoms with van der Waals surface area (Å²) in [7, 11) is 0. The lowest BCUT2D eigenvalue weighted by Crippen LogP contribution is -2.53. The van der Waals surface area contributed by atoms with E-state index < -0.39 is 30.1 Å². The minimum absolute atomic E-state index is 0. The van der Waals surface area contributed by atoms with Crippen LogP contribution in [0.3, 0.4) is 0 Å². The topological polar surface area (TPSA) is 134 Å². The number of nitrogens with zero attached hydrogens (tertiary/aromatic N) is 1. The summed E-state index contributed by atoms with van der Waals surface area (Å²) in [5.74, 6) is -1.28. The summed E-state index contributed by atoms with van der Waals surface area (Å²) in [6.45, 7) is 4.02. The maximum atomic E-state index is 13.3. The lowest BCUT2D eigenvalue weighted by molar-refractivity contribution is -0.131. The molecule has 1 aliphatic carbocycles. The molecule has 2 aromatic rings. The van der Waals surface area contributed by atoms with Gasteiger partial charge in [0.05, 0.1) is 18.6 Å². The monoisotopic (exact) mass is 562 g/mol. The Morgan fingerprint density at radius 1 is 1.08 bits per heavy atom. The number of hydrogen-bond donors (Lipinski definition) is 4. The van der Waals surface area contributed by atoms with Crippen molar-refractivity contribution in [1.29, 1.82) is 0 Å². The molecule has 39 heavy (non-hydrogen) atoms. The predicted octanol–water partition coefficient (Wildman–Crippen LogP) is 3.15. The van der Waals surface area contributed by atoms with Crippen LogP contribution < -0.4 is 16.4 Å². The molecule has 3 atom stereocenters. The van der Waals surface area contributed by atoms with Crippen molar-refractivity contribution in [3.63, 3.8) is 0 Å². The molecule has 0 aromatic heterocycles. The molecule has 0 spiro atoms. The van der Waals surface area contributed by atoms with Gasteiger partial charge in [-0.3, -0.25) is 9.59 Å². The van der Waals surface area contributed by atoms with E-state index in [0.717, 1.165) is 48.4 Å². The van der Waals surface area contributed by atoms with E-state index >= 15 is 0 Å². The first-order valence-corrected chi connectivity index (χ1v) is 13.7. The van der Waals surface area contributed by atoms with Crippen LogP contribution in [0.25, 0.3) is 10.8 Å². The summed E-state index contributed by atoms with van der Waals surface area (Å²) < 4.78 is 5.29. The van der Waals surface area contributed by atoms with Crippen LogP contribution in [0, 0.1) is 5.92 Å². The third kappa shape index (κ3) is 9.67. The van der Waals surface area contributed by atoms with Crippen molar-refractivity contribution in [2.24, 2.45) is 11.7 Å². The van der Waals surface area contributed by atoms with Gasteiger partial charge in [0.15, 0.2) is 0 Å². The number of rotatable bonds is 12. The van der Waals surface area contributed by atoms with Crippen LogP contribution in [-0.2, 0) is 20.7 Å². The van der Waals surface area contributed by atoms with Gasteiger partial charge in [-0.1, -0.05) is 68.7 Å². The smallest absolute Gasteiger partial charge is 0.410 e. The summed E-state index contributed by atoms with van der Waals surface area (Å²) in [5.41, 5.74) is 6.37. The largest absolute Gasteiger partial charge is 0.450 e. The number of nitrogens with two attached hydrogens (primary N) is 1. The normalized spacial score (nSPS) is 15.9. The zero-order valence-electron chi connectivity index (χ0n) is 22.9. The Labute approximate surface area is 237 Å². The van der Waals surface area contributed by atoms with E-state index in [0.29, 0.717) is 0 Å². The van der Waals surface area contributed by atoms with Gasteiger partial charge < -0.3 is 31.1 Å². The molecule has 3 rings (SSSR count). The van der Waals surface area contributed by atoms with Crippen molar-refractivity contribution in [2.45, 2.75) is 70.6 Å². The first-order chi connectivity index (χ1) is 18.3. The van der Waals surface area contributed by atoms with Gasteiger partial charge in [0, 0.05) is 32.1 Å². The van der Waals surface area contributed by atoms with Crippen molar-refractivity contribution in [1.82, 2.24) is 15.5 Å². The summed E-state index contributed by atoms with van der Waals surface area (Å²) in [4.78, 5) is 40.8. The highest BCUT2D eigenvalue weighted by Gasteiger charge is 2.31. The number of benzene rings is 2. The summed E-state index contributed by atoms with van der Waals surface area (Å²) in [6, 6.07) is 13.1. The molecule has 2 aromatic carbocycles. The minimum Gasteiger partial charge on any atom is -0.450 e. The number of hydrogen-bond acceptors (Lipinski definition) is 6. The van der Waals surface area contributed by atoms with Crippen molar-refractivity contribution in [3.8, 4) is 0 Å². The second-order valence-corrected chi connectivity index (χ2v) is 10.1. The van der Waals surface area contributed by atoms with Gasteiger partial charge in [-0.15, -0.1) is 12.4 Å². The van der Waals surface area contributed by atoms with Gasteiger partial charge in [0.1, 0.15) is 6.04 Å². The number of fused-ring (bicyclic) bond motifs is 1. The molecular weight excluding hydrogens is 520 g/mol. The number of halogens is 1. The van der Waals surface area contributed by atoms with Crippen molar-refractivity contribution < 1.29 is 24.2 Å². The van der Waals surface area contributed by atoms with Crippen LogP contribution in [-0.4, -0.2) is 72.3 Å². The number of aliphatic hydroxyl groups excluding tert-OH is 1. The molecule has 2 unspecified atom stereocenters. The van der Waals surface area contributed by atoms with E-state index in [1.54, 1.807) is 18.7 Å². The fraction of sp³-hybridized carbons (Fsp3) is 0.552. The molecule has 0 radical (unpaired) electrons. The van der Waals surface area contributed by atoms with E-state index in [9.17, 15) is 19.5 Å². The maximum Gasteiger partial charge on any atom is 0.410 e. The Kier molecular flexibility index (Phi) is 13.5. The number of carbonyl (C=O) groups excluding carboxylic acids is 3. The van der Waals surface area contributed by atoms with Crippen LogP contribution in [0.4, 0.5) is 4.79 Å². The lowest BCUT2D eigenvalue weighted by atomic mass is 9.93. The minimum atomic E-state index is -0.872. The molecule has 1 aliphatic rings. The number of nitrogens with one attached hydrogen (secondary N) is 2. The third-order valence-electron chi connectivity index (χ3n) is 7.11. The van der Waals surface area contributed by atoms with E-state index in [4.69, 9.17) is 10.5 Å². The predicted molar refractivity (Wildman–Crippen MR) is 155 cm³/mol. The Hall–Kier alpha value is -2.88. The summed E-state index contributed by atoms with van der Waals surface area (Å²) in [6.07, 6.45) is 4.02. The second kappa shape index (κ2) is 16.3. The molecule has 3 amide bonds. The van der Waals surface area contributed by atoms with E-state index in [-0.39, 0.29) is 57.0 Å². The highest BCUT2D eigenvalue weighted by Crippen LogP contribution is 2.24. The molecule has 0 heterocycles. The zero-order chi connectivity index (χ0) is 27.5. The van der Waals surface area contributed by atoms with Crippen molar-refractivity contribution in [3.05, 3.63) is 48.0 Å². The highest BCUT2D eigenvalue weighted by atomic mass is 35.5. The molecule has 10 heteroatoms. The summed E-state index contributed by atoms with van der Waals surface area (Å²) in [5, 5.41) is 17.5. The third-order valence-corrected chi connectivity index (χ3v) is 7.11. The van der Waals surface area contributed by atoms with Crippen LogP contribution in [0.15, 0.2) is 42.5 Å². The van der Waals surface area contributed by atoms with Gasteiger partial charge in [0.2, 0.25) is 11.8 Å². The molecule has 9 nitrogen and oxygen atoms in total. The second-order valence-electron chi connectivity index (χ2n) is 10.1. The number of ether oxygens (including phenoxy) is 1. The average molecular weight is 563 g/mol. The molecule has 5 N–H and O–H groups in total. The molecule has 0 aliphatic heterocycles. The number of carbonyl (C=O) groups is 3. The number of amides is 3. The Morgan fingerprint density at radius 3 is 2.44 bits per heavy atom. The van der Waals surface area contributed by atoms with Crippen LogP contribution in [0.5, 0.6) is 0 Å². The first-order valence-electron chi connectivity index (χ1n) is 13.7. The van der Waals surface area contributed by atoms with Crippen molar-refractivity contribution >= 4 is 41.1 Å². The standard InChI is InChI=1S/C29H42N4O5.ClH/c1-3-38-29(37)33(24-11-5-4-6-12-24)19-20(2)27(35)32-26(28(36)31-18-25(34)17-30)16-21-13-14-22-9-7-8-10-23(22)15-21;/h7-10,13-15,20,24-26,34H,3-6,11-12,16-19,30H2,1-2H3,(H,31,36)(H,32,35);1H/t20-,25?,26?;/m1./s1. The molecular formula is C29H43ClN4O5. The lowest BCUT2D eigenvalue weighted by Gasteiger charge is -2.35. The van der Waals surface area contributed by atoms with Crippen LogP contribution in [0.1, 0.15) is 51.5 Å². The number of aliphatic hydroxyl groups is 1. The van der Waals surface area contributed by atoms with E-state index in [1.807, 2.05) is 42.5 Å². The van der Waals surface area contributed by atoms with Crippen LogP contribution >= 0.6 is 12.4 Å². The average Bonchev–Trinajstić information content (AvgIpc) is 2.94. The van der Waals surface area contributed by atoms with Crippen LogP contribution in [0.2, 0.25) is 0 Å². The zero-order valence-corrected chi connectivity index (χ0v) is 23.8. The van der Waals surface area contributed by atoms with Gasteiger partial charge in [-0.05, 0) is 36.1 Å². The molecule has 0 saturated heterocycles. The fourth-order valence-corrected chi connectivity index (χ4v) is 4.90. The Bertz CT molecular complexity index is 1080. The molecule has 216 valence electrons. The Morgan fingerprint density at radius 2 is 1.77 bits per heavy atom. The van der Waals surface area contributed by atoms with Gasteiger partial charge >= 0.3 is 6.09 Å². The van der Waals surface area contributed by atoms with Gasteiger partial charge in [-0.2, -0.15) is 0 Å². The molecule has 0 bridgehead atoms. The SMILES string of the molecule is CCOC(=O)N(C[C@@H](C)C(=O)NC(Cc1ccc2ccccc2c1)C(=O)NCC(O)CN)C1CCCCC1.Cl. The fourth-order valence-electron chi connectivity index (χ4n) is 4.90. The van der Waals surface area contributed by atoms with Crippen molar-refractivity contribution in [2.75, 3.05) is 26.2 Å². The summed E-state index contributed by atoms with van der Waals surface area (Å²) >= 11 is 0. The van der Waals surface area contributed by atoms with E-state index in [2.05, 4.69) is 10.6 Å².